The third-order valence-corrected chi connectivity index (χ3v) is 4.00. The van der Waals surface area contributed by atoms with Gasteiger partial charge in [-0.1, -0.05) is 30.3 Å². The van der Waals surface area contributed by atoms with Crippen LogP contribution in [0.15, 0.2) is 48.8 Å². The lowest BCUT2D eigenvalue weighted by Crippen LogP contribution is -2.43. The van der Waals surface area contributed by atoms with E-state index in [1.165, 1.54) is 30.4 Å². The zero-order valence-corrected chi connectivity index (χ0v) is 12.2. The monoisotopic (exact) mass is 281 g/mol. The molecule has 21 heavy (non-hydrogen) atoms. The number of aromatic nitrogens is 1. The number of carbonyl (C=O) groups excluding carboxylic acids is 1. The molecule has 3 nitrogen and oxygen atoms in total. The van der Waals surface area contributed by atoms with Crippen molar-refractivity contribution >= 4 is 5.91 Å². The molecule has 108 valence electrons. The van der Waals surface area contributed by atoms with Crippen LogP contribution in [0, 0.1) is 0 Å². The van der Waals surface area contributed by atoms with Gasteiger partial charge < -0.3 is 5.32 Å². The average Bonchev–Trinajstić information content (AvgIpc) is 2.54. The van der Waals surface area contributed by atoms with Crippen LogP contribution in [0.4, 0.5) is 0 Å². The van der Waals surface area contributed by atoms with Gasteiger partial charge in [0.25, 0.3) is 5.91 Å². The van der Waals surface area contributed by atoms with E-state index in [-0.39, 0.29) is 5.91 Å². The van der Waals surface area contributed by atoms with Crippen molar-refractivity contribution < 1.29 is 9.36 Å². The van der Waals surface area contributed by atoms with Gasteiger partial charge in [-0.15, -0.1) is 0 Å². The molecule has 3 rings (SSSR count). The molecule has 0 spiro atoms. The molecular weight excluding hydrogens is 260 g/mol. The summed E-state index contributed by atoms with van der Waals surface area (Å²) in [6.07, 6.45) is 9.02. The van der Waals surface area contributed by atoms with Gasteiger partial charge in [-0.2, -0.15) is 4.57 Å². The highest BCUT2D eigenvalue weighted by atomic mass is 16.1. The van der Waals surface area contributed by atoms with Gasteiger partial charge in [-0.3, -0.25) is 4.79 Å². The fourth-order valence-corrected chi connectivity index (χ4v) is 2.84. The Morgan fingerprint density at radius 2 is 1.81 bits per heavy atom. The van der Waals surface area contributed by atoms with Crippen molar-refractivity contribution in [2.24, 2.45) is 0 Å². The molecule has 1 amide bonds. The van der Waals surface area contributed by atoms with Gasteiger partial charge in [0.05, 0.1) is 0 Å². The lowest BCUT2D eigenvalue weighted by Gasteiger charge is -2.13. The van der Waals surface area contributed by atoms with Crippen molar-refractivity contribution in [3.63, 3.8) is 0 Å². The first-order valence-electron chi connectivity index (χ1n) is 7.63. The highest BCUT2D eigenvalue weighted by molar-refractivity contribution is 5.74. The van der Waals surface area contributed by atoms with E-state index in [0.29, 0.717) is 13.1 Å². The zero-order chi connectivity index (χ0) is 14.5. The smallest absolute Gasteiger partial charge is 0.286 e. The number of carbonyl (C=O) groups is 1. The predicted molar refractivity (Wildman–Crippen MR) is 81.6 cm³/mol. The highest BCUT2D eigenvalue weighted by Crippen LogP contribution is 2.18. The summed E-state index contributed by atoms with van der Waals surface area (Å²) in [5, 5.41) is 2.97. The molecule has 0 fully saturated rings. The van der Waals surface area contributed by atoms with E-state index in [9.17, 15) is 4.79 Å². The number of hydrogen-bond donors (Lipinski definition) is 1. The standard InChI is InChI=1S/C18H20N2O/c21-18(19-12-15-6-2-1-3-7-15)14-20-11-10-16-8-4-5-9-17(16)13-20/h1-3,6-7,10-11,13H,4-5,8-9,12,14H2/p+1. The molecule has 2 aromatic rings. The second kappa shape index (κ2) is 6.53. The van der Waals surface area contributed by atoms with E-state index in [0.717, 1.165) is 12.0 Å². The molecule has 0 aliphatic heterocycles. The summed E-state index contributed by atoms with van der Waals surface area (Å²) >= 11 is 0. The zero-order valence-electron chi connectivity index (χ0n) is 12.2. The number of hydrogen-bond acceptors (Lipinski definition) is 1. The lowest BCUT2D eigenvalue weighted by molar-refractivity contribution is -0.685. The summed E-state index contributed by atoms with van der Waals surface area (Å²) in [5.74, 6) is 0.0552. The topological polar surface area (TPSA) is 33.0 Å². The molecular formula is C18H21N2O+. The SMILES string of the molecule is O=C(C[n+]1ccc2c(c1)CCCC2)NCc1ccccc1. The first-order chi connectivity index (χ1) is 10.3. The minimum atomic E-state index is 0.0552. The Balaban J connectivity index is 1.57. The number of nitrogens with one attached hydrogen (secondary N) is 1. The van der Waals surface area contributed by atoms with Crippen molar-refractivity contribution in [3.05, 3.63) is 65.5 Å². The van der Waals surface area contributed by atoms with E-state index in [2.05, 4.69) is 17.6 Å². The first-order valence-corrected chi connectivity index (χ1v) is 7.63. The van der Waals surface area contributed by atoms with E-state index in [4.69, 9.17) is 0 Å². The van der Waals surface area contributed by atoms with Gasteiger partial charge >= 0.3 is 0 Å². The largest absolute Gasteiger partial charge is 0.347 e. The number of nitrogens with zero attached hydrogens (tertiary/aromatic N) is 1. The maximum Gasteiger partial charge on any atom is 0.286 e. The maximum atomic E-state index is 12.0. The van der Waals surface area contributed by atoms with Gasteiger partial charge in [0.2, 0.25) is 6.54 Å². The minimum Gasteiger partial charge on any atom is -0.347 e. The summed E-state index contributed by atoms with van der Waals surface area (Å²) < 4.78 is 1.99. The van der Waals surface area contributed by atoms with Crippen molar-refractivity contribution in [3.8, 4) is 0 Å². The predicted octanol–water partition coefficient (Wildman–Crippen LogP) is 2.17. The molecule has 1 heterocycles. The van der Waals surface area contributed by atoms with Crippen LogP contribution in [0.2, 0.25) is 0 Å². The second-order valence-corrected chi connectivity index (χ2v) is 5.64. The number of rotatable bonds is 4. The normalized spacial score (nSPS) is 13.5. The molecule has 0 bridgehead atoms. The molecule has 1 aromatic carbocycles. The molecule has 0 radical (unpaired) electrons. The number of aryl methyl sites for hydroxylation is 2. The van der Waals surface area contributed by atoms with Gasteiger partial charge in [-0.05, 0) is 36.8 Å². The van der Waals surface area contributed by atoms with E-state index >= 15 is 0 Å². The molecule has 1 aliphatic carbocycles. The molecule has 0 atom stereocenters. The molecule has 1 aliphatic rings. The molecule has 1 N–H and O–H groups in total. The first kappa shape index (κ1) is 13.8. The number of amides is 1. The van der Waals surface area contributed by atoms with Crippen LogP contribution in [-0.4, -0.2) is 5.91 Å². The van der Waals surface area contributed by atoms with E-state index in [1.807, 2.05) is 41.1 Å². The Morgan fingerprint density at radius 3 is 2.62 bits per heavy atom. The lowest BCUT2D eigenvalue weighted by atomic mass is 9.93. The van der Waals surface area contributed by atoms with Crippen LogP contribution in [0.1, 0.15) is 29.5 Å². The number of benzene rings is 1. The number of pyridine rings is 1. The van der Waals surface area contributed by atoms with Crippen LogP contribution >= 0.6 is 0 Å². The third-order valence-electron chi connectivity index (χ3n) is 4.00. The summed E-state index contributed by atoms with van der Waals surface area (Å²) in [4.78, 5) is 12.0. The Kier molecular flexibility index (Phi) is 4.29. The van der Waals surface area contributed by atoms with Crippen molar-refractivity contribution in [2.45, 2.75) is 38.8 Å². The van der Waals surface area contributed by atoms with Gasteiger partial charge in [0.1, 0.15) is 0 Å². The average molecular weight is 281 g/mol. The van der Waals surface area contributed by atoms with Gasteiger partial charge in [-0.25, -0.2) is 0 Å². The highest BCUT2D eigenvalue weighted by Gasteiger charge is 2.15. The fourth-order valence-electron chi connectivity index (χ4n) is 2.84. The second-order valence-electron chi connectivity index (χ2n) is 5.64. The Labute approximate surface area is 125 Å². The van der Waals surface area contributed by atoms with Crippen LogP contribution < -0.4 is 9.88 Å². The van der Waals surface area contributed by atoms with Crippen molar-refractivity contribution in [1.82, 2.24) is 5.32 Å². The van der Waals surface area contributed by atoms with Crippen molar-refractivity contribution in [1.29, 1.82) is 0 Å². The molecule has 0 unspecified atom stereocenters. The van der Waals surface area contributed by atoms with E-state index < -0.39 is 0 Å². The van der Waals surface area contributed by atoms with Crippen LogP contribution in [0.25, 0.3) is 0 Å². The Hall–Kier alpha value is -2.16. The minimum absolute atomic E-state index is 0.0552. The summed E-state index contributed by atoms with van der Waals surface area (Å²) in [6.45, 7) is 0.977. The van der Waals surface area contributed by atoms with Crippen molar-refractivity contribution in [2.75, 3.05) is 0 Å². The molecule has 3 heteroatoms. The van der Waals surface area contributed by atoms with Crippen LogP contribution in [-0.2, 0) is 30.7 Å². The molecule has 0 saturated carbocycles. The maximum absolute atomic E-state index is 12.0. The van der Waals surface area contributed by atoms with Crippen LogP contribution in [0.3, 0.4) is 0 Å². The fraction of sp³-hybridized carbons (Fsp3) is 0.333. The van der Waals surface area contributed by atoms with Gasteiger partial charge in [0, 0.05) is 18.2 Å². The Bertz CT molecular complexity index is 622. The van der Waals surface area contributed by atoms with E-state index in [1.54, 1.807) is 0 Å². The van der Waals surface area contributed by atoms with Crippen LogP contribution in [0.5, 0.6) is 0 Å². The summed E-state index contributed by atoms with van der Waals surface area (Å²) in [6, 6.07) is 12.2. The Morgan fingerprint density at radius 1 is 1.05 bits per heavy atom. The molecule has 0 saturated heterocycles. The summed E-state index contributed by atoms with van der Waals surface area (Å²) in [7, 11) is 0. The molecule has 1 aromatic heterocycles. The summed E-state index contributed by atoms with van der Waals surface area (Å²) in [5.41, 5.74) is 3.98. The third kappa shape index (κ3) is 3.69. The number of fused-ring (bicyclic) bond motifs is 1. The van der Waals surface area contributed by atoms with Gasteiger partial charge in [0.15, 0.2) is 12.4 Å². The quantitative estimate of drug-likeness (QED) is 0.856.